The molecule has 0 aliphatic carbocycles. The molecule has 19 heavy (non-hydrogen) atoms. The molecule has 1 aromatic carbocycles. The van der Waals surface area contributed by atoms with Crippen LogP contribution in [0.3, 0.4) is 0 Å². The molecule has 2 aromatic rings. The highest BCUT2D eigenvalue weighted by Gasteiger charge is 2.01. The van der Waals surface area contributed by atoms with E-state index in [0.29, 0.717) is 6.61 Å². The lowest BCUT2D eigenvalue weighted by Crippen LogP contribution is -2.20. The minimum absolute atomic E-state index is 0.226. The minimum Gasteiger partial charge on any atom is -0.492 e. The molecule has 102 valence electrons. The third-order valence-electron chi connectivity index (χ3n) is 2.93. The zero-order valence-electron chi connectivity index (χ0n) is 11.2. The quantitative estimate of drug-likeness (QED) is 0.815. The molecule has 4 heteroatoms. The first kappa shape index (κ1) is 14.0. The van der Waals surface area contributed by atoms with Gasteiger partial charge in [0.2, 0.25) is 0 Å². The van der Waals surface area contributed by atoms with E-state index in [2.05, 4.69) is 23.7 Å². The van der Waals surface area contributed by atoms with Crippen LogP contribution in [0.2, 0.25) is 0 Å². The van der Waals surface area contributed by atoms with Gasteiger partial charge in [-0.05, 0) is 54.6 Å². The normalized spacial score (nSPS) is 10.7. The van der Waals surface area contributed by atoms with Crippen molar-refractivity contribution in [1.29, 1.82) is 0 Å². The van der Waals surface area contributed by atoms with Crippen LogP contribution in [0.4, 0.5) is 4.39 Å². The van der Waals surface area contributed by atoms with Crippen LogP contribution >= 0.6 is 11.3 Å². The number of nitrogens with one attached hydrogen (secondary N) is 1. The van der Waals surface area contributed by atoms with Gasteiger partial charge in [0.15, 0.2) is 0 Å². The van der Waals surface area contributed by atoms with Crippen molar-refractivity contribution in [3.05, 3.63) is 51.5 Å². The number of benzene rings is 1. The Morgan fingerprint density at radius 3 is 2.74 bits per heavy atom. The largest absolute Gasteiger partial charge is 0.492 e. The molecule has 2 rings (SSSR count). The van der Waals surface area contributed by atoms with Crippen molar-refractivity contribution in [2.24, 2.45) is 0 Å². The summed E-state index contributed by atoms with van der Waals surface area (Å²) in [6.45, 7) is 6.19. The highest BCUT2D eigenvalue weighted by Crippen LogP contribution is 2.18. The molecule has 0 spiro atoms. The maximum Gasteiger partial charge on any atom is 0.123 e. The zero-order valence-corrected chi connectivity index (χ0v) is 12.0. The van der Waals surface area contributed by atoms with E-state index in [1.807, 2.05) is 6.92 Å². The van der Waals surface area contributed by atoms with Crippen molar-refractivity contribution in [3.8, 4) is 5.75 Å². The average molecular weight is 279 g/mol. The first-order valence-corrected chi connectivity index (χ1v) is 7.17. The summed E-state index contributed by atoms with van der Waals surface area (Å²) < 4.78 is 18.5. The van der Waals surface area contributed by atoms with Crippen LogP contribution in [-0.4, -0.2) is 13.2 Å². The monoisotopic (exact) mass is 279 g/mol. The maximum atomic E-state index is 12.9. The summed E-state index contributed by atoms with van der Waals surface area (Å²) in [5.74, 6) is 0.520. The standard InChI is InChI=1S/C15H18FNOS/c1-11-5-8-19-15(11)10-17-6-7-18-14-4-3-13(16)9-12(14)2/h3-5,8-9,17H,6-7,10H2,1-2H3. The topological polar surface area (TPSA) is 21.3 Å². The Labute approximate surface area is 117 Å². The Bertz CT molecular complexity index is 539. The fourth-order valence-corrected chi connectivity index (χ4v) is 2.67. The van der Waals surface area contributed by atoms with Crippen LogP contribution in [0.5, 0.6) is 5.75 Å². The van der Waals surface area contributed by atoms with Gasteiger partial charge >= 0.3 is 0 Å². The number of hydrogen-bond donors (Lipinski definition) is 1. The van der Waals surface area contributed by atoms with E-state index in [1.54, 1.807) is 17.4 Å². The molecule has 0 aliphatic rings. The molecular weight excluding hydrogens is 261 g/mol. The van der Waals surface area contributed by atoms with E-state index in [-0.39, 0.29) is 5.82 Å². The molecule has 1 heterocycles. The van der Waals surface area contributed by atoms with Gasteiger partial charge in [-0.2, -0.15) is 0 Å². The summed E-state index contributed by atoms with van der Waals surface area (Å²) in [4.78, 5) is 1.36. The van der Waals surface area contributed by atoms with Gasteiger partial charge in [-0.1, -0.05) is 0 Å². The van der Waals surface area contributed by atoms with Crippen molar-refractivity contribution >= 4 is 11.3 Å². The van der Waals surface area contributed by atoms with E-state index >= 15 is 0 Å². The van der Waals surface area contributed by atoms with Gasteiger partial charge in [0.25, 0.3) is 0 Å². The summed E-state index contributed by atoms with van der Waals surface area (Å²) in [5, 5.41) is 5.44. The predicted octanol–water partition coefficient (Wildman–Crippen LogP) is 3.67. The molecule has 0 bridgehead atoms. The van der Waals surface area contributed by atoms with E-state index in [0.717, 1.165) is 24.4 Å². The van der Waals surface area contributed by atoms with E-state index < -0.39 is 0 Å². The van der Waals surface area contributed by atoms with Gasteiger partial charge in [0, 0.05) is 18.0 Å². The van der Waals surface area contributed by atoms with Crippen molar-refractivity contribution in [1.82, 2.24) is 5.32 Å². The smallest absolute Gasteiger partial charge is 0.123 e. The van der Waals surface area contributed by atoms with E-state index in [1.165, 1.54) is 22.6 Å². The molecule has 0 atom stereocenters. The number of rotatable bonds is 6. The Morgan fingerprint density at radius 1 is 1.21 bits per heavy atom. The second-order valence-corrected chi connectivity index (χ2v) is 5.46. The van der Waals surface area contributed by atoms with Crippen molar-refractivity contribution in [2.45, 2.75) is 20.4 Å². The SMILES string of the molecule is Cc1cc(F)ccc1OCCNCc1sccc1C. The molecule has 0 saturated carbocycles. The molecule has 0 unspecified atom stereocenters. The number of ether oxygens (including phenoxy) is 1. The summed E-state index contributed by atoms with van der Waals surface area (Å²) in [6, 6.07) is 6.71. The summed E-state index contributed by atoms with van der Waals surface area (Å²) in [7, 11) is 0. The summed E-state index contributed by atoms with van der Waals surface area (Å²) in [5.41, 5.74) is 2.15. The number of halogens is 1. The van der Waals surface area contributed by atoms with Gasteiger partial charge in [-0.25, -0.2) is 4.39 Å². The third-order valence-corrected chi connectivity index (χ3v) is 3.95. The first-order chi connectivity index (χ1) is 9.16. The van der Waals surface area contributed by atoms with Crippen molar-refractivity contribution < 1.29 is 9.13 Å². The molecule has 1 N–H and O–H groups in total. The fourth-order valence-electron chi connectivity index (χ4n) is 1.80. The third kappa shape index (κ3) is 4.04. The summed E-state index contributed by atoms with van der Waals surface area (Å²) >= 11 is 1.76. The van der Waals surface area contributed by atoms with Crippen LogP contribution in [0, 0.1) is 19.7 Å². The fraction of sp³-hybridized carbons (Fsp3) is 0.333. The predicted molar refractivity (Wildman–Crippen MR) is 77.4 cm³/mol. The van der Waals surface area contributed by atoms with E-state index in [9.17, 15) is 4.39 Å². The van der Waals surface area contributed by atoms with Crippen molar-refractivity contribution in [3.63, 3.8) is 0 Å². The number of aryl methyl sites for hydroxylation is 2. The van der Waals surface area contributed by atoms with Crippen LogP contribution < -0.4 is 10.1 Å². The first-order valence-electron chi connectivity index (χ1n) is 6.29. The molecule has 0 fully saturated rings. The lowest BCUT2D eigenvalue weighted by molar-refractivity contribution is 0.311. The molecule has 0 radical (unpaired) electrons. The lowest BCUT2D eigenvalue weighted by atomic mass is 10.2. The number of hydrogen-bond acceptors (Lipinski definition) is 3. The molecule has 2 nitrogen and oxygen atoms in total. The molecule has 1 aromatic heterocycles. The second kappa shape index (κ2) is 6.68. The summed E-state index contributed by atoms with van der Waals surface area (Å²) in [6.07, 6.45) is 0. The van der Waals surface area contributed by atoms with Gasteiger partial charge < -0.3 is 10.1 Å². The maximum absolute atomic E-state index is 12.9. The van der Waals surface area contributed by atoms with Gasteiger partial charge in [-0.15, -0.1) is 11.3 Å². The van der Waals surface area contributed by atoms with Gasteiger partial charge in [0.1, 0.15) is 18.2 Å². The highest BCUT2D eigenvalue weighted by atomic mass is 32.1. The Kier molecular flexibility index (Phi) is 4.93. The van der Waals surface area contributed by atoms with Crippen LogP contribution in [0.15, 0.2) is 29.6 Å². The van der Waals surface area contributed by atoms with Crippen LogP contribution in [0.25, 0.3) is 0 Å². The lowest BCUT2D eigenvalue weighted by Gasteiger charge is -2.09. The van der Waals surface area contributed by atoms with E-state index in [4.69, 9.17) is 4.74 Å². The Hall–Kier alpha value is -1.39. The Morgan fingerprint density at radius 2 is 2.05 bits per heavy atom. The number of thiophene rings is 1. The molecule has 0 saturated heterocycles. The van der Waals surface area contributed by atoms with Crippen LogP contribution in [0.1, 0.15) is 16.0 Å². The minimum atomic E-state index is -0.226. The molecule has 0 aliphatic heterocycles. The molecule has 0 amide bonds. The zero-order chi connectivity index (χ0) is 13.7. The Balaban J connectivity index is 1.71. The van der Waals surface area contributed by atoms with Crippen molar-refractivity contribution in [2.75, 3.05) is 13.2 Å². The van der Waals surface area contributed by atoms with Gasteiger partial charge in [-0.3, -0.25) is 0 Å². The highest BCUT2D eigenvalue weighted by molar-refractivity contribution is 7.10. The average Bonchev–Trinajstić information content (AvgIpc) is 2.77. The second-order valence-electron chi connectivity index (χ2n) is 4.46. The molecular formula is C15H18FNOS. The van der Waals surface area contributed by atoms with Crippen LogP contribution in [-0.2, 0) is 6.54 Å². The van der Waals surface area contributed by atoms with Gasteiger partial charge in [0.05, 0.1) is 0 Å².